The van der Waals surface area contributed by atoms with Crippen molar-refractivity contribution in [3.8, 4) is 11.3 Å². The normalized spacial score (nSPS) is 12.5. The number of carbonyl (C=O) groups is 2. The molecule has 0 atom stereocenters. The highest BCUT2D eigenvalue weighted by atomic mass is 32.1. The zero-order chi connectivity index (χ0) is 21.2. The largest absolute Gasteiger partial charge is 0.452 e. The molecule has 0 bridgehead atoms. The molecule has 6 nitrogen and oxygen atoms in total. The fourth-order valence-electron chi connectivity index (χ4n) is 3.88. The Balaban J connectivity index is 1.28. The van der Waals surface area contributed by atoms with Gasteiger partial charge in [-0.05, 0) is 30.9 Å². The maximum atomic E-state index is 12.9. The van der Waals surface area contributed by atoms with Crippen LogP contribution < -0.4 is 5.32 Å². The number of pyridine rings is 1. The number of thiazole rings is 1. The monoisotopic (exact) mass is 429 g/mol. The number of aryl methyl sites for hydroxylation is 1. The van der Waals surface area contributed by atoms with Crippen molar-refractivity contribution in [2.24, 2.45) is 0 Å². The molecule has 1 aliphatic carbocycles. The zero-order valence-corrected chi connectivity index (χ0v) is 17.4. The minimum absolute atomic E-state index is 0.371. The van der Waals surface area contributed by atoms with E-state index in [9.17, 15) is 9.59 Å². The first-order valence-electron chi connectivity index (χ1n) is 10.1. The van der Waals surface area contributed by atoms with Crippen LogP contribution in [0.15, 0.2) is 60.0 Å². The molecule has 0 radical (unpaired) electrons. The van der Waals surface area contributed by atoms with Gasteiger partial charge in [0, 0.05) is 22.0 Å². The number of carbonyl (C=O) groups excluding carboxylic acids is 2. The molecule has 0 saturated carbocycles. The first-order chi connectivity index (χ1) is 15.2. The Morgan fingerprint density at radius 1 is 1.00 bits per heavy atom. The van der Waals surface area contributed by atoms with Crippen molar-refractivity contribution in [3.05, 3.63) is 76.8 Å². The fourth-order valence-corrected chi connectivity index (χ4v) is 4.61. The predicted octanol–water partition coefficient (Wildman–Crippen LogP) is 4.64. The lowest BCUT2D eigenvalue weighted by Crippen LogP contribution is -2.21. The van der Waals surface area contributed by atoms with Crippen LogP contribution in [-0.4, -0.2) is 28.5 Å². The average molecular weight is 430 g/mol. The summed E-state index contributed by atoms with van der Waals surface area (Å²) in [5, 5.41) is 5.82. The molecule has 1 N–H and O–H groups in total. The molecule has 2 aromatic carbocycles. The number of para-hydroxylation sites is 1. The molecule has 0 fully saturated rings. The molecule has 2 aromatic heterocycles. The number of rotatable bonds is 5. The van der Waals surface area contributed by atoms with Crippen LogP contribution in [0.3, 0.4) is 0 Å². The van der Waals surface area contributed by atoms with Crippen molar-refractivity contribution in [2.75, 3.05) is 11.9 Å². The van der Waals surface area contributed by atoms with Gasteiger partial charge in [-0.1, -0.05) is 48.5 Å². The average Bonchev–Trinajstić information content (AvgIpc) is 3.46. The summed E-state index contributed by atoms with van der Waals surface area (Å²) < 4.78 is 5.39. The van der Waals surface area contributed by atoms with E-state index >= 15 is 0 Å². The molecule has 0 spiro atoms. The third kappa shape index (κ3) is 3.92. The number of amides is 1. The van der Waals surface area contributed by atoms with E-state index in [1.54, 1.807) is 0 Å². The Labute approximate surface area is 182 Å². The van der Waals surface area contributed by atoms with Gasteiger partial charge in [0.25, 0.3) is 5.91 Å². The summed E-state index contributed by atoms with van der Waals surface area (Å²) in [6.45, 7) is -0.371. The van der Waals surface area contributed by atoms with Gasteiger partial charge in [-0.2, -0.15) is 0 Å². The van der Waals surface area contributed by atoms with Crippen LogP contribution in [0.1, 0.15) is 28.0 Å². The molecule has 0 unspecified atom stereocenters. The number of benzene rings is 2. The van der Waals surface area contributed by atoms with Gasteiger partial charge in [0.1, 0.15) is 0 Å². The van der Waals surface area contributed by atoms with E-state index < -0.39 is 11.9 Å². The first kappa shape index (κ1) is 19.4. The third-order valence-electron chi connectivity index (χ3n) is 5.28. The zero-order valence-electron chi connectivity index (χ0n) is 16.6. The van der Waals surface area contributed by atoms with E-state index in [0.29, 0.717) is 10.7 Å². The van der Waals surface area contributed by atoms with Gasteiger partial charge >= 0.3 is 5.97 Å². The van der Waals surface area contributed by atoms with Crippen LogP contribution in [0, 0.1) is 0 Å². The van der Waals surface area contributed by atoms with Gasteiger partial charge in [0.15, 0.2) is 11.7 Å². The molecule has 4 aromatic rings. The van der Waals surface area contributed by atoms with Gasteiger partial charge in [0.05, 0.1) is 16.8 Å². The molecule has 31 heavy (non-hydrogen) atoms. The van der Waals surface area contributed by atoms with Gasteiger partial charge in [-0.25, -0.2) is 9.78 Å². The molecular weight excluding hydrogens is 410 g/mol. The van der Waals surface area contributed by atoms with E-state index in [-0.39, 0.29) is 6.61 Å². The summed E-state index contributed by atoms with van der Waals surface area (Å²) >= 11 is 1.33. The van der Waals surface area contributed by atoms with E-state index in [1.807, 2.05) is 60.0 Å². The molecule has 1 aliphatic rings. The van der Waals surface area contributed by atoms with E-state index in [1.165, 1.54) is 11.3 Å². The minimum atomic E-state index is -0.490. The summed E-state index contributed by atoms with van der Waals surface area (Å²) in [7, 11) is 0. The SMILES string of the molecule is O=C(COC(=O)c1c2c(nc3ccccc13)CCC2)Nc1nc(-c2ccccc2)cs1. The van der Waals surface area contributed by atoms with Crippen molar-refractivity contribution < 1.29 is 14.3 Å². The molecular formula is C24H19N3O3S. The second kappa shape index (κ2) is 8.28. The number of fused-ring (bicyclic) bond motifs is 2. The number of hydrogen-bond donors (Lipinski definition) is 1. The quantitative estimate of drug-likeness (QED) is 0.467. The summed E-state index contributed by atoms with van der Waals surface area (Å²) in [5.74, 6) is -0.909. The highest BCUT2D eigenvalue weighted by Crippen LogP contribution is 2.30. The number of hydrogen-bond acceptors (Lipinski definition) is 6. The van der Waals surface area contributed by atoms with Gasteiger partial charge < -0.3 is 4.74 Å². The smallest absolute Gasteiger partial charge is 0.339 e. The fraction of sp³-hybridized carbons (Fsp3) is 0.167. The van der Waals surface area contributed by atoms with Gasteiger partial charge in [0.2, 0.25) is 0 Å². The van der Waals surface area contributed by atoms with Crippen LogP contribution in [-0.2, 0) is 22.4 Å². The topological polar surface area (TPSA) is 81.2 Å². The molecule has 0 aliphatic heterocycles. The molecule has 154 valence electrons. The van der Waals surface area contributed by atoms with E-state index in [0.717, 1.165) is 52.7 Å². The lowest BCUT2D eigenvalue weighted by Gasteiger charge is -2.12. The Hall–Kier alpha value is -3.58. The van der Waals surface area contributed by atoms with E-state index in [2.05, 4.69) is 15.3 Å². The van der Waals surface area contributed by atoms with Gasteiger partial charge in [-0.15, -0.1) is 11.3 Å². The summed E-state index contributed by atoms with van der Waals surface area (Å²) in [6.07, 6.45) is 2.62. The maximum Gasteiger partial charge on any atom is 0.339 e. The highest BCUT2D eigenvalue weighted by molar-refractivity contribution is 7.14. The molecule has 5 rings (SSSR count). The summed E-state index contributed by atoms with van der Waals surface area (Å²) in [4.78, 5) is 34.4. The first-order valence-corrected chi connectivity index (χ1v) is 11.0. The van der Waals surface area contributed by atoms with Crippen molar-refractivity contribution in [1.29, 1.82) is 0 Å². The number of aromatic nitrogens is 2. The molecule has 1 amide bonds. The summed E-state index contributed by atoms with van der Waals surface area (Å²) in [6, 6.07) is 17.3. The number of esters is 1. The number of anilines is 1. The maximum absolute atomic E-state index is 12.9. The number of nitrogens with one attached hydrogen (secondary N) is 1. The molecule has 2 heterocycles. The molecule has 7 heteroatoms. The van der Waals surface area contributed by atoms with Crippen LogP contribution in [0.2, 0.25) is 0 Å². The van der Waals surface area contributed by atoms with Crippen LogP contribution in [0.4, 0.5) is 5.13 Å². The minimum Gasteiger partial charge on any atom is -0.452 e. The van der Waals surface area contributed by atoms with Gasteiger partial charge in [-0.3, -0.25) is 15.1 Å². The lowest BCUT2D eigenvalue weighted by molar-refractivity contribution is -0.119. The van der Waals surface area contributed by atoms with Crippen LogP contribution >= 0.6 is 11.3 Å². The summed E-state index contributed by atoms with van der Waals surface area (Å²) in [5.41, 5.74) is 4.96. The highest BCUT2D eigenvalue weighted by Gasteiger charge is 2.25. The van der Waals surface area contributed by atoms with Crippen molar-refractivity contribution >= 4 is 39.2 Å². The standard InChI is InChI=1S/C24H19N3O3S/c28-21(27-24-26-20(14-31-24)15-7-2-1-3-8-15)13-30-23(29)22-16-9-4-5-11-18(16)25-19-12-6-10-17(19)22/h1-5,7-9,11,14H,6,10,12-13H2,(H,26,27,28). The Morgan fingerprint density at radius 2 is 1.81 bits per heavy atom. The second-order valence-electron chi connectivity index (χ2n) is 7.31. The molecule has 0 saturated heterocycles. The Kier molecular flexibility index (Phi) is 5.18. The number of ether oxygens (including phenoxy) is 1. The third-order valence-corrected chi connectivity index (χ3v) is 6.04. The van der Waals surface area contributed by atoms with Crippen molar-refractivity contribution in [1.82, 2.24) is 9.97 Å². The van der Waals surface area contributed by atoms with Crippen LogP contribution in [0.5, 0.6) is 0 Å². The second-order valence-corrected chi connectivity index (χ2v) is 8.17. The van der Waals surface area contributed by atoms with Crippen molar-refractivity contribution in [2.45, 2.75) is 19.3 Å². The van der Waals surface area contributed by atoms with Crippen LogP contribution in [0.25, 0.3) is 22.2 Å². The van der Waals surface area contributed by atoms with Crippen molar-refractivity contribution in [3.63, 3.8) is 0 Å². The predicted molar refractivity (Wildman–Crippen MR) is 120 cm³/mol. The Bertz CT molecular complexity index is 1280. The number of nitrogens with zero attached hydrogens (tertiary/aromatic N) is 2. The van der Waals surface area contributed by atoms with E-state index in [4.69, 9.17) is 4.74 Å². The lowest BCUT2D eigenvalue weighted by atomic mass is 10.0. The Morgan fingerprint density at radius 3 is 2.68 bits per heavy atom.